The Hall–Kier alpha value is -1.95. The number of hydrogen-bond acceptors (Lipinski definition) is 5. The molecule has 1 saturated heterocycles. The molecule has 0 unspecified atom stereocenters. The molecule has 0 atom stereocenters. The minimum Gasteiger partial charge on any atom is -0.462 e. The van der Waals surface area contributed by atoms with Crippen molar-refractivity contribution < 1.29 is 4.42 Å². The van der Waals surface area contributed by atoms with E-state index in [1.807, 2.05) is 12.1 Å². The fraction of sp³-hybridized carbons (Fsp3) is 0.350. The summed E-state index contributed by atoms with van der Waals surface area (Å²) in [6, 6.07) is 12.6. The molecule has 1 aliphatic heterocycles. The van der Waals surface area contributed by atoms with Crippen molar-refractivity contribution in [3.8, 4) is 10.8 Å². The van der Waals surface area contributed by atoms with Gasteiger partial charge >= 0.3 is 0 Å². The second-order valence-electron chi connectivity index (χ2n) is 6.60. The topological polar surface area (TPSA) is 32.5 Å². The summed E-state index contributed by atoms with van der Waals surface area (Å²) in [6.07, 6.45) is 1.70. The molecule has 0 amide bonds. The number of furan rings is 1. The Morgan fingerprint density at radius 3 is 2.48 bits per heavy atom. The molecule has 4 rings (SSSR count). The van der Waals surface area contributed by atoms with E-state index in [1.54, 1.807) is 17.6 Å². The van der Waals surface area contributed by atoms with Crippen LogP contribution in [0.1, 0.15) is 16.8 Å². The Kier molecular flexibility index (Phi) is 4.97. The third kappa shape index (κ3) is 4.00. The maximum Gasteiger partial charge on any atom is 0.162 e. The molecule has 0 bridgehead atoms. The predicted molar refractivity (Wildman–Crippen MR) is 102 cm³/mol. The predicted octanol–water partition coefficient (Wildman–Crippen LogP) is 4.03. The van der Waals surface area contributed by atoms with E-state index in [9.17, 15) is 0 Å². The van der Waals surface area contributed by atoms with Crippen molar-refractivity contribution in [1.82, 2.24) is 14.8 Å². The lowest BCUT2D eigenvalue weighted by Crippen LogP contribution is -2.45. The number of piperazine rings is 1. The van der Waals surface area contributed by atoms with Crippen molar-refractivity contribution >= 4 is 11.3 Å². The summed E-state index contributed by atoms with van der Waals surface area (Å²) in [7, 11) is 0. The maximum absolute atomic E-state index is 5.43. The number of thiazole rings is 1. The van der Waals surface area contributed by atoms with Gasteiger partial charge in [0.2, 0.25) is 0 Å². The first-order valence-corrected chi connectivity index (χ1v) is 9.63. The molecule has 3 heterocycles. The van der Waals surface area contributed by atoms with Crippen LogP contribution in [0.15, 0.2) is 52.5 Å². The van der Waals surface area contributed by atoms with Crippen molar-refractivity contribution in [1.29, 1.82) is 0 Å². The van der Waals surface area contributed by atoms with Crippen LogP contribution in [0.25, 0.3) is 10.8 Å². The van der Waals surface area contributed by atoms with Gasteiger partial charge in [-0.3, -0.25) is 9.80 Å². The highest BCUT2D eigenvalue weighted by Crippen LogP contribution is 2.24. The smallest absolute Gasteiger partial charge is 0.162 e. The average molecular weight is 353 g/mol. The lowest BCUT2D eigenvalue weighted by molar-refractivity contribution is 0.121. The third-order valence-electron chi connectivity index (χ3n) is 4.79. The zero-order valence-corrected chi connectivity index (χ0v) is 15.3. The monoisotopic (exact) mass is 353 g/mol. The summed E-state index contributed by atoms with van der Waals surface area (Å²) in [5.74, 6) is 0.860. The number of hydrogen-bond donors (Lipinski definition) is 0. The summed E-state index contributed by atoms with van der Waals surface area (Å²) < 4.78 is 5.43. The summed E-state index contributed by atoms with van der Waals surface area (Å²) >= 11 is 1.66. The van der Waals surface area contributed by atoms with Gasteiger partial charge in [0, 0.05) is 44.6 Å². The van der Waals surface area contributed by atoms with Gasteiger partial charge in [0.15, 0.2) is 10.8 Å². The molecule has 0 radical (unpaired) electrons. The van der Waals surface area contributed by atoms with E-state index in [1.165, 1.54) is 11.1 Å². The molecule has 0 spiro atoms. The SMILES string of the molecule is Cc1ccccc1CN1CCN(Cc2csc(-c3ccco3)n2)CC1. The molecule has 3 aromatic rings. The van der Waals surface area contributed by atoms with E-state index in [0.717, 1.165) is 55.7 Å². The molecule has 5 heteroatoms. The highest BCUT2D eigenvalue weighted by Gasteiger charge is 2.18. The number of nitrogens with zero attached hydrogens (tertiary/aromatic N) is 3. The van der Waals surface area contributed by atoms with E-state index in [-0.39, 0.29) is 0 Å². The van der Waals surface area contributed by atoms with Crippen LogP contribution in [0.5, 0.6) is 0 Å². The van der Waals surface area contributed by atoms with Crippen LogP contribution in [0, 0.1) is 6.92 Å². The molecule has 2 aromatic heterocycles. The van der Waals surface area contributed by atoms with Gasteiger partial charge in [0.25, 0.3) is 0 Å². The maximum atomic E-state index is 5.43. The molecular weight excluding hydrogens is 330 g/mol. The Morgan fingerprint density at radius 2 is 1.76 bits per heavy atom. The molecule has 4 nitrogen and oxygen atoms in total. The lowest BCUT2D eigenvalue weighted by Gasteiger charge is -2.34. The quantitative estimate of drug-likeness (QED) is 0.693. The van der Waals surface area contributed by atoms with E-state index in [4.69, 9.17) is 9.40 Å². The fourth-order valence-electron chi connectivity index (χ4n) is 3.26. The molecule has 0 saturated carbocycles. The number of aromatic nitrogens is 1. The van der Waals surface area contributed by atoms with Gasteiger partial charge in [-0.15, -0.1) is 11.3 Å². The van der Waals surface area contributed by atoms with Gasteiger partial charge in [-0.2, -0.15) is 0 Å². The minimum atomic E-state index is 0.860. The molecule has 1 aliphatic rings. The fourth-order valence-corrected chi connectivity index (χ4v) is 4.03. The van der Waals surface area contributed by atoms with Crippen molar-refractivity contribution in [3.05, 3.63) is 64.9 Å². The Labute approximate surface area is 152 Å². The van der Waals surface area contributed by atoms with Crippen LogP contribution < -0.4 is 0 Å². The van der Waals surface area contributed by atoms with Crippen LogP contribution in [0.4, 0.5) is 0 Å². The van der Waals surface area contributed by atoms with Crippen molar-refractivity contribution in [2.75, 3.05) is 26.2 Å². The molecular formula is C20H23N3OS. The number of benzene rings is 1. The first-order chi connectivity index (χ1) is 12.3. The van der Waals surface area contributed by atoms with E-state index in [0.29, 0.717) is 0 Å². The van der Waals surface area contributed by atoms with Crippen LogP contribution in [-0.4, -0.2) is 41.0 Å². The molecule has 0 aliphatic carbocycles. The first kappa shape index (κ1) is 16.5. The van der Waals surface area contributed by atoms with Crippen LogP contribution in [-0.2, 0) is 13.1 Å². The van der Waals surface area contributed by atoms with E-state index < -0.39 is 0 Å². The highest BCUT2D eigenvalue weighted by atomic mass is 32.1. The van der Waals surface area contributed by atoms with Gasteiger partial charge in [-0.1, -0.05) is 24.3 Å². The standard InChI is InChI=1S/C20H23N3OS/c1-16-5-2-3-6-17(16)13-22-8-10-23(11-9-22)14-18-15-25-20(21-18)19-7-4-12-24-19/h2-7,12,15H,8-11,13-14H2,1H3. The Morgan fingerprint density at radius 1 is 1.00 bits per heavy atom. The number of rotatable bonds is 5. The van der Waals surface area contributed by atoms with Crippen molar-refractivity contribution in [2.24, 2.45) is 0 Å². The summed E-state index contributed by atoms with van der Waals surface area (Å²) in [6.45, 7) is 8.60. The van der Waals surface area contributed by atoms with Gasteiger partial charge < -0.3 is 4.42 Å². The van der Waals surface area contributed by atoms with Gasteiger partial charge in [0.1, 0.15) is 0 Å². The van der Waals surface area contributed by atoms with Crippen molar-refractivity contribution in [3.63, 3.8) is 0 Å². The van der Waals surface area contributed by atoms with E-state index >= 15 is 0 Å². The molecule has 0 N–H and O–H groups in total. The summed E-state index contributed by atoms with van der Waals surface area (Å²) in [4.78, 5) is 9.76. The van der Waals surface area contributed by atoms with Crippen molar-refractivity contribution in [2.45, 2.75) is 20.0 Å². The number of aryl methyl sites for hydroxylation is 1. The Bertz CT molecular complexity index is 804. The second kappa shape index (κ2) is 7.52. The lowest BCUT2D eigenvalue weighted by atomic mass is 10.1. The van der Waals surface area contributed by atoms with Gasteiger partial charge in [0.05, 0.1) is 12.0 Å². The zero-order valence-electron chi connectivity index (χ0n) is 14.5. The van der Waals surface area contributed by atoms with Crippen LogP contribution >= 0.6 is 11.3 Å². The highest BCUT2D eigenvalue weighted by molar-refractivity contribution is 7.13. The second-order valence-corrected chi connectivity index (χ2v) is 7.46. The molecule has 130 valence electrons. The first-order valence-electron chi connectivity index (χ1n) is 8.75. The van der Waals surface area contributed by atoms with Crippen LogP contribution in [0.3, 0.4) is 0 Å². The minimum absolute atomic E-state index is 0.860. The van der Waals surface area contributed by atoms with Gasteiger partial charge in [-0.25, -0.2) is 4.98 Å². The summed E-state index contributed by atoms with van der Waals surface area (Å²) in [5.41, 5.74) is 3.97. The van der Waals surface area contributed by atoms with Crippen LogP contribution in [0.2, 0.25) is 0 Å². The molecule has 25 heavy (non-hydrogen) atoms. The third-order valence-corrected chi connectivity index (χ3v) is 5.70. The largest absolute Gasteiger partial charge is 0.462 e. The molecule has 1 fully saturated rings. The average Bonchev–Trinajstić information content (AvgIpc) is 3.30. The van der Waals surface area contributed by atoms with Gasteiger partial charge in [-0.05, 0) is 30.2 Å². The van der Waals surface area contributed by atoms with E-state index in [2.05, 4.69) is 46.4 Å². The molecule has 1 aromatic carbocycles. The normalized spacial score (nSPS) is 16.4. The Balaban J connectivity index is 1.30. The zero-order chi connectivity index (χ0) is 17.1. The summed E-state index contributed by atoms with van der Waals surface area (Å²) in [5, 5.41) is 3.12.